The van der Waals surface area contributed by atoms with Crippen LogP contribution in [0.4, 0.5) is 0 Å². The Labute approximate surface area is 97.6 Å². The van der Waals surface area contributed by atoms with Gasteiger partial charge in [-0.3, -0.25) is 4.57 Å². The summed E-state index contributed by atoms with van der Waals surface area (Å²) in [5.41, 5.74) is 1.51. The zero-order valence-corrected chi connectivity index (χ0v) is 9.73. The van der Waals surface area contributed by atoms with Crippen molar-refractivity contribution >= 4 is 17.1 Å². The Morgan fingerprint density at radius 1 is 1.41 bits per heavy atom. The monoisotopic (exact) mass is 235 g/mol. The highest BCUT2D eigenvalue weighted by Gasteiger charge is 2.12. The maximum Gasteiger partial charge on any atom is 0.419 e. The van der Waals surface area contributed by atoms with E-state index in [-0.39, 0.29) is 0 Å². The van der Waals surface area contributed by atoms with Crippen LogP contribution in [0.2, 0.25) is 0 Å². The molecule has 5 nitrogen and oxygen atoms in total. The first-order chi connectivity index (χ1) is 8.17. The van der Waals surface area contributed by atoms with Gasteiger partial charge in [-0.15, -0.1) is 0 Å². The highest BCUT2D eigenvalue weighted by molar-refractivity contribution is 5.93. The van der Waals surface area contributed by atoms with Gasteiger partial charge in [0.05, 0.1) is 17.7 Å². The topological polar surface area (TPSA) is 61.4 Å². The summed E-state index contributed by atoms with van der Waals surface area (Å²) in [5, 5.41) is 0. The van der Waals surface area contributed by atoms with Gasteiger partial charge in [0.2, 0.25) is 0 Å². The molecule has 0 spiro atoms. The number of fused-ring (bicyclic) bond motifs is 1. The molecule has 0 saturated heterocycles. The Morgan fingerprint density at radius 3 is 2.82 bits per heavy atom. The molecule has 0 amide bonds. The molecular formula is C12H13NO4. The number of nitrogens with zero attached hydrogens (tertiary/aromatic N) is 1. The van der Waals surface area contributed by atoms with Crippen molar-refractivity contribution in [1.82, 2.24) is 4.57 Å². The van der Waals surface area contributed by atoms with Gasteiger partial charge in [0.15, 0.2) is 5.58 Å². The van der Waals surface area contributed by atoms with Crippen molar-refractivity contribution in [2.75, 3.05) is 6.61 Å². The third kappa shape index (κ3) is 1.95. The van der Waals surface area contributed by atoms with Crippen molar-refractivity contribution in [3.05, 3.63) is 34.3 Å². The van der Waals surface area contributed by atoms with E-state index in [9.17, 15) is 9.59 Å². The highest BCUT2D eigenvalue weighted by atomic mass is 16.5. The van der Waals surface area contributed by atoms with Crippen LogP contribution in [0.15, 0.2) is 27.4 Å². The van der Waals surface area contributed by atoms with Gasteiger partial charge in [0, 0.05) is 6.54 Å². The molecule has 0 aliphatic carbocycles. The number of ether oxygens (including phenoxy) is 1. The second-order valence-electron chi connectivity index (χ2n) is 3.52. The molecule has 0 radical (unpaired) electrons. The van der Waals surface area contributed by atoms with Crippen LogP contribution < -0.4 is 5.76 Å². The number of esters is 1. The van der Waals surface area contributed by atoms with Crippen LogP contribution in [-0.2, 0) is 11.3 Å². The number of benzene rings is 1. The fraction of sp³-hybridized carbons (Fsp3) is 0.333. The smallest absolute Gasteiger partial charge is 0.419 e. The van der Waals surface area contributed by atoms with Crippen molar-refractivity contribution in [2.24, 2.45) is 0 Å². The molecule has 0 saturated carbocycles. The molecule has 5 heteroatoms. The summed E-state index contributed by atoms with van der Waals surface area (Å²) in [6.45, 7) is 4.41. The summed E-state index contributed by atoms with van der Waals surface area (Å²) in [4.78, 5) is 23.0. The molecule has 2 aromatic rings. The quantitative estimate of drug-likeness (QED) is 0.761. The second kappa shape index (κ2) is 4.45. The van der Waals surface area contributed by atoms with E-state index < -0.39 is 11.7 Å². The fourth-order valence-electron chi connectivity index (χ4n) is 1.70. The molecular weight excluding hydrogens is 222 g/mol. The molecule has 1 heterocycles. The number of hydrogen-bond donors (Lipinski definition) is 0. The minimum atomic E-state index is -0.413. The third-order valence-corrected chi connectivity index (χ3v) is 2.49. The average Bonchev–Trinajstić information content (AvgIpc) is 2.63. The Balaban J connectivity index is 2.56. The van der Waals surface area contributed by atoms with Crippen LogP contribution in [-0.4, -0.2) is 17.1 Å². The molecule has 0 atom stereocenters. The summed E-state index contributed by atoms with van der Waals surface area (Å²) in [6, 6.07) is 4.81. The summed E-state index contributed by atoms with van der Waals surface area (Å²) in [5.74, 6) is -0.811. The molecule has 0 unspecified atom stereocenters. The minimum absolute atomic E-state index is 0.322. The summed E-state index contributed by atoms with van der Waals surface area (Å²) in [7, 11) is 0. The van der Waals surface area contributed by atoms with E-state index >= 15 is 0 Å². The minimum Gasteiger partial charge on any atom is -0.462 e. The number of aryl methyl sites for hydroxylation is 1. The van der Waals surface area contributed by atoms with Crippen LogP contribution in [0.3, 0.4) is 0 Å². The molecule has 1 aromatic carbocycles. The highest BCUT2D eigenvalue weighted by Crippen LogP contribution is 2.15. The molecule has 0 bridgehead atoms. The average molecular weight is 235 g/mol. The number of hydrogen-bond acceptors (Lipinski definition) is 4. The van der Waals surface area contributed by atoms with Gasteiger partial charge in [-0.05, 0) is 32.0 Å². The Hall–Kier alpha value is -2.04. The first-order valence-electron chi connectivity index (χ1n) is 5.47. The van der Waals surface area contributed by atoms with Crippen molar-refractivity contribution in [3.63, 3.8) is 0 Å². The lowest BCUT2D eigenvalue weighted by molar-refractivity contribution is 0.0526. The van der Waals surface area contributed by atoms with Crippen LogP contribution in [0.25, 0.3) is 11.1 Å². The number of aromatic nitrogens is 1. The lowest BCUT2D eigenvalue weighted by atomic mass is 10.2. The van der Waals surface area contributed by atoms with Crippen molar-refractivity contribution in [2.45, 2.75) is 20.4 Å². The number of rotatable bonds is 3. The van der Waals surface area contributed by atoms with E-state index in [1.54, 1.807) is 25.1 Å². The van der Waals surface area contributed by atoms with E-state index in [0.29, 0.717) is 29.8 Å². The Morgan fingerprint density at radius 2 is 2.18 bits per heavy atom. The van der Waals surface area contributed by atoms with Gasteiger partial charge in [-0.2, -0.15) is 0 Å². The SMILES string of the molecule is CCOC(=O)c1ccc2oc(=O)n(CC)c2c1. The molecule has 0 aliphatic rings. The zero-order valence-electron chi connectivity index (χ0n) is 9.73. The van der Waals surface area contributed by atoms with Gasteiger partial charge in [0.1, 0.15) is 0 Å². The summed E-state index contributed by atoms with van der Waals surface area (Å²) in [6.07, 6.45) is 0. The summed E-state index contributed by atoms with van der Waals surface area (Å²) < 4.78 is 11.4. The maximum atomic E-state index is 11.6. The van der Waals surface area contributed by atoms with Gasteiger partial charge in [0.25, 0.3) is 0 Å². The standard InChI is InChI=1S/C12H13NO4/c1-3-13-9-7-8(11(14)16-4-2)5-6-10(9)17-12(13)15/h5-7H,3-4H2,1-2H3. The Bertz CT molecular complexity index is 608. The number of oxazole rings is 1. The molecule has 90 valence electrons. The fourth-order valence-corrected chi connectivity index (χ4v) is 1.70. The van der Waals surface area contributed by atoms with Crippen molar-refractivity contribution < 1.29 is 13.9 Å². The van der Waals surface area contributed by atoms with Gasteiger partial charge < -0.3 is 9.15 Å². The van der Waals surface area contributed by atoms with Gasteiger partial charge in [-0.25, -0.2) is 9.59 Å². The van der Waals surface area contributed by atoms with Crippen LogP contribution in [0.1, 0.15) is 24.2 Å². The van der Waals surface area contributed by atoms with Gasteiger partial charge in [-0.1, -0.05) is 0 Å². The van der Waals surface area contributed by atoms with Crippen molar-refractivity contribution in [3.8, 4) is 0 Å². The zero-order chi connectivity index (χ0) is 12.4. The first kappa shape index (κ1) is 11.4. The normalized spacial score (nSPS) is 10.7. The third-order valence-electron chi connectivity index (χ3n) is 2.49. The molecule has 0 aliphatic heterocycles. The molecule has 0 fully saturated rings. The summed E-state index contributed by atoms with van der Waals surface area (Å²) >= 11 is 0. The first-order valence-corrected chi connectivity index (χ1v) is 5.47. The van der Waals surface area contributed by atoms with E-state index in [0.717, 1.165) is 0 Å². The predicted molar refractivity (Wildman–Crippen MR) is 62.1 cm³/mol. The van der Waals surface area contributed by atoms with E-state index in [1.807, 2.05) is 6.92 Å². The molecule has 1 aromatic heterocycles. The van der Waals surface area contributed by atoms with E-state index in [2.05, 4.69) is 0 Å². The molecule has 17 heavy (non-hydrogen) atoms. The van der Waals surface area contributed by atoms with Gasteiger partial charge >= 0.3 is 11.7 Å². The van der Waals surface area contributed by atoms with Crippen LogP contribution >= 0.6 is 0 Å². The van der Waals surface area contributed by atoms with Crippen LogP contribution in [0, 0.1) is 0 Å². The number of carbonyl (C=O) groups is 1. The number of carbonyl (C=O) groups excluding carboxylic acids is 1. The van der Waals surface area contributed by atoms with E-state index in [4.69, 9.17) is 9.15 Å². The maximum absolute atomic E-state index is 11.6. The molecule has 2 rings (SSSR count). The Kier molecular flexibility index (Phi) is 2.99. The van der Waals surface area contributed by atoms with E-state index in [1.165, 1.54) is 4.57 Å². The largest absolute Gasteiger partial charge is 0.462 e. The second-order valence-corrected chi connectivity index (χ2v) is 3.52. The predicted octanol–water partition coefficient (Wildman–Crippen LogP) is 1.79. The lowest BCUT2D eigenvalue weighted by Crippen LogP contribution is -2.12. The lowest BCUT2D eigenvalue weighted by Gasteiger charge is -2.02. The molecule has 0 N–H and O–H groups in total. The van der Waals surface area contributed by atoms with Crippen molar-refractivity contribution in [1.29, 1.82) is 0 Å². The van der Waals surface area contributed by atoms with Crippen LogP contribution in [0.5, 0.6) is 0 Å².